The van der Waals surface area contributed by atoms with Gasteiger partial charge in [0.15, 0.2) is 0 Å². The van der Waals surface area contributed by atoms with Crippen LogP contribution in [0.3, 0.4) is 0 Å². The summed E-state index contributed by atoms with van der Waals surface area (Å²) in [5.41, 5.74) is 4.00. The second-order valence-corrected chi connectivity index (χ2v) is 6.27. The first-order chi connectivity index (χ1) is 11.3. The van der Waals surface area contributed by atoms with Crippen LogP contribution < -0.4 is 10.1 Å². The van der Waals surface area contributed by atoms with E-state index in [9.17, 15) is 0 Å². The van der Waals surface area contributed by atoms with Crippen molar-refractivity contribution in [1.82, 2.24) is 5.32 Å². The summed E-state index contributed by atoms with van der Waals surface area (Å²) in [5.74, 6) is 1.59. The Bertz CT molecular complexity index is 627. The van der Waals surface area contributed by atoms with E-state index in [0.29, 0.717) is 5.92 Å². The summed E-state index contributed by atoms with van der Waals surface area (Å²) in [4.78, 5) is 0. The summed E-state index contributed by atoms with van der Waals surface area (Å²) in [5, 5.41) is 12.2. The molecule has 0 saturated heterocycles. The molecule has 0 spiro atoms. The number of rotatable bonds is 7. The largest absolute Gasteiger partial charge is 0.493 e. The third kappa shape index (κ3) is 4.57. The quantitative estimate of drug-likeness (QED) is 0.773. The van der Waals surface area contributed by atoms with E-state index in [1.54, 1.807) is 0 Å². The highest BCUT2D eigenvalue weighted by Gasteiger charge is 2.19. The standard InChI is InChI=1S/C20H25NO2/c22-10-4-9-21-14-17-6-3-5-16(11-17)12-18-13-19-7-1-2-8-20(19)23-15-18/h1-3,5-8,11,18,21-22H,4,9-10,12-15H2/t18-/m0/s1. The lowest BCUT2D eigenvalue weighted by atomic mass is 9.90. The molecule has 122 valence electrons. The van der Waals surface area contributed by atoms with Crippen LogP contribution in [0.5, 0.6) is 5.75 Å². The van der Waals surface area contributed by atoms with Crippen LogP contribution in [0.2, 0.25) is 0 Å². The van der Waals surface area contributed by atoms with Gasteiger partial charge >= 0.3 is 0 Å². The van der Waals surface area contributed by atoms with E-state index in [4.69, 9.17) is 9.84 Å². The Morgan fingerprint density at radius 2 is 1.96 bits per heavy atom. The molecule has 2 aromatic carbocycles. The highest BCUT2D eigenvalue weighted by molar-refractivity contribution is 5.35. The van der Waals surface area contributed by atoms with Gasteiger partial charge in [-0.2, -0.15) is 0 Å². The predicted octanol–water partition coefficient (Wildman–Crippen LogP) is 2.95. The minimum atomic E-state index is 0.246. The van der Waals surface area contributed by atoms with Gasteiger partial charge in [0.2, 0.25) is 0 Å². The molecule has 2 aromatic rings. The van der Waals surface area contributed by atoms with Gasteiger partial charge < -0.3 is 15.2 Å². The fourth-order valence-electron chi connectivity index (χ4n) is 3.16. The summed E-state index contributed by atoms with van der Waals surface area (Å²) < 4.78 is 5.89. The first-order valence-corrected chi connectivity index (χ1v) is 8.45. The monoisotopic (exact) mass is 311 g/mol. The molecule has 1 aliphatic rings. The lowest BCUT2D eigenvalue weighted by Gasteiger charge is -2.25. The SMILES string of the molecule is OCCCNCc1cccc(C[C@@H]2COc3ccccc3C2)c1. The zero-order chi connectivity index (χ0) is 15.9. The number of aliphatic hydroxyl groups is 1. The topological polar surface area (TPSA) is 41.5 Å². The molecule has 1 heterocycles. The maximum absolute atomic E-state index is 8.81. The molecule has 0 amide bonds. The Kier molecular flexibility index (Phi) is 5.67. The number of fused-ring (bicyclic) bond motifs is 1. The fraction of sp³-hybridized carbons (Fsp3) is 0.400. The fourth-order valence-corrected chi connectivity index (χ4v) is 3.16. The van der Waals surface area contributed by atoms with E-state index < -0.39 is 0 Å². The molecular formula is C20H25NO2. The van der Waals surface area contributed by atoms with Gasteiger partial charge in [0, 0.05) is 19.1 Å². The van der Waals surface area contributed by atoms with Crippen LogP contribution in [0.1, 0.15) is 23.1 Å². The van der Waals surface area contributed by atoms with Crippen molar-refractivity contribution >= 4 is 0 Å². The zero-order valence-corrected chi connectivity index (χ0v) is 13.5. The molecule has 23 heavy (non-hydrogen) atoms. The van der Waals surface area contributed by atoms with Gasteiger partial charge in [-0.15, -0.1) is 0 Å². The minimum Gasteiger partial charge on any atom is -0.493 e. The lowest BCUT2D eigenvalue weighted by Crippen LogP contribution is -2.22. The van der Waals surface area contributed by atoms with Crippen LogP contribution in [0, 0.1) is 5.92 Å². The minimum absolute atomic E-state index is 0.246. The highest BCUT2D eigenvalue weighted by atomic mass is 16.5. The molecule has 3 rings (SSSR count). The van der Waals surface area contributed by atoms with Gasteiger partial charge in [0.1, 0.15) is 5.75 Å². The summed E-state index contributed by atoms with van der Waals surface area (Å²) >= 11 is 0. The van der Waals surface area contributed by atoms with Crippen LogP contribution in [0.4, 0.5) is 0 Å². The van der Waals surface area contributed by atoms with E-state index in [-0.39, 0.29) is 6.61 Å². The molecule has 3 heteroatoms. The Labute approximate surface area is 138 Å². The van der Waals surface area contributed by atoms with E-state index >= 15 is 0 Å². The predicted molar refractivity (Wildman–Crippen MR) is 92.7 cm³/mol. The maximum atomic E-state index is 8.81. The summed E-state index contributed by atoms with van der Waals surface area (Å²) in [7, 11) is 0. The zero-order valence-electron chi connectivity index (χ0n) is 13.5. The van der Waals surface area contributed by atoms with Crippen molar-refractivity contribution in [2.24, 2.45) is 5.92 Å². The van der Waals surface area contributed by atoms with Gasteiger partial charge in [-0.25, -0.2) is 0 Å². The smallest absolute Gasteiger partial charge is 0.122 e. The molecule has 0 saturated carbocycles. The normalized spacial score (nSPS) is 16.7. The third-order valence-electron chi connectivity index (χ3n) is 4.31. The molecule has 0 fully saturated rings. The first kappa shape index (κ1) is 16.0. The average molecular weight is 311 g/mol. The lowest BCUT2D eigenvalue weighted by molar-refractivity contribution is 0.221. The number of aliphatic hydroxyl groups excluding tert-OH is 1. The third-order valence-corrected chi connectivity index (χ3v) is 4.31. The Morgan fingerprint density at radius 1 is 1.09 bits per heavy atom. The highest BCUT2D eigenvalue weighted by Crippen LogP contribution is 2.28. The summed E-state index contributed by atoms with van der Waals surface area (Å²) in [6.07, 6.45) is 2.95. The van der Waals surface area contributed by atoms with E-state index in [1.165, 1.54) is 16.7 Å². The second kappa shape index (κ2) is 8.14. The number of benzene rings is 2. The number of ether oxygens (including phenoxy) is 1. The van der Waals surface area contributed by atoms with Crippen molar-refractivity contribution in [3.8, 4) is 5.75 Å². The van der Waals surface area contributed by atoms with Crippen LogP contribution >= 0.6 is 0 Å². The molecule has 1 aliphatic heterocycles. The van der Waals surface area contributed by atoms with E-state index in [2.05, 4.69) is 47.8 Å². The van der Waals surface area contributed by atoms with Gasteiger partial charge in [-0.1, -0.05) is 42.5 Å². The van der Waals surface area contributed by atoms with Crippen LogP contribution in [0.25, 0.3) is 0 Å². The first-order valence-electron chi connectivity index (χ1n) is 8.45. The number of hydrogen-bond acceptors (Lipinski definition) is 3. The molecule has 2 N–H and O–H groups in total. The van der Waals surface area contributed by atoms with Gasteiger partial charge in [-0.3, -0.25) is 0 Å². The Morgan fingerprint density at radius 3 is 2.87 bits per heavy atom. The Balaban J connectivity index is 1.56. The molecule has 0 aliphatic carbocycles. The maximum Gasteiger partial charge on any atom is 0.122 e. The molecule has 0 aromatic heterocycles. The van der Waals surface area contributed by atoms with Gasteiger partial charge in [0.25, 0.3) is 0 Å². The van der Waals surface area contributed by atoms with Crippen molar-refractivity contribution in [3.63, 3.8) is 0 Å². The van der Waals surface area contributed by atoms with Crippen LogP contribution in [-0.4, -0.2) is 24.9 Å². The van der Waals surface area contributed by atoms with Crippen LogP contribution in [0.15, 0.2) is 48.5 Å². The molecule has 0 radical (unpaired) electrons. The molecule has 0 unspecified atom stereocenters. The van der Waals surface area contributed by atoms with Crippen molar-refractivity contribution in [2.45, 2.75) is 25.8 Å². The molecule has 3 nitrogen and oxygen atoms in total. The number of para-hydroxylation sites is 1. The number of hydrogen-bond donors (Lipinski definition) is 2. The average Bonchev–Trinajstić information content (AvgIpc) is 2.59. The van der Waals surface area contributed by atoms with Gasteiger partial charge in [-0.05, 0) is 48.6 Å². The van der Waals surface area contributed by atoms with Crippen LogP contribution in [-0.2, 0) is 19.4 Å². The van der Waals surface area contributed by atoms with Crippen molar-refractivity contribution in [1.29, 1.82) is 0 Å². The summed E-state index contributed by atoms with van der Waals surface area (Å²) in [6.45, 7) is 2.76. The Hall–Kier alpha value is -1.84. The molecular weight excluding hydrogens is 286 g/mol. The summed E-state index contributed by atoms with van der Waals surface area (Å²) in [6, 6.07) is 17.1. The van der Waals surface area contributed by atoms with E-state index in [1.807, 2.05) is 6.07 Å². The van der Waals surface area contributed by atoms with Crippen molar-refractivity contribution in [3.05, 3.63) is 65.2 Å². The number of nitrogens with one attached hydrogen (secondary N) is 1. The molecule has 0 bridgehead atoms. The second-order valence-electron chi connectivity index (χ2n) is 6.27. The van der Waals surface area contributed by atoms with E-state index in [0.717, 1.165) is 44.7 Å². The van der Waals surface area contributed by atoms with Crippen molar-refractivity contribution in [2.75, 3.05) is 19.8 Å². The molecule has 1 atom stereocenters. The van der Waals surface area contributed by atoms with Crippen molar-refractivity contribution < 1.29 is 9.84 Å². The van der Waals surface area contributed by atoms with Gasteiger partial charge in [0.05, 0.1) is 6.61 Å².